The molecule has 26 heavy (non-hydrogen) atoms. The number of hydrogen-bond acceptors (Lipinski definition) is 4. The predicted octanol–water partition coefficient (Wildman–Crippen LogP) is 2.72. The highest BCUT2D eigenvalue weighted by molar-refractivity contribution is 5.91. The van der Waals surface area contributed by atoms with Crippen LogP contribution >= 0.6 is 0 Å². The summed E-state index contributed by atoms with van der Waals surface area (Å²) < 4.78 is 12.4. The van der Waals surface area contributed by atoms with Crippen LogP contribution in [0.3, 0.4) is 0 Å². The summed E-state index contributed by atoms with van der Waals surface area (Å²) in [5.74, 6) is 1.23. The Morgan fingerprint density at radius 1 is 1.19 bits per heavy atom. The van der Waals surface area contributed by atoms with E-state index in [1.54, 1.807) is 26.5 Å². The van der Waals surface area contributed by atoms with Crippen LogP contribution in [0, 0.1) is 0 Å². The normalized spacial score (nSPS) is 11.0. The second kappa shape index (κ2) is 8.20. The van der Waals surface area contributed by atoms with Gasteiger partial charge in [0.25, 0.3) is 0 Å². The van der Waals surface area contributed by atoms with Crippen LogP contribution in [0.4, 0.5) is 0 Å². The van der Waals surface area contributed by atoms with Gasteiger partial charge in [-0.3, -0.25) is 4.79 Å². The number of carbonyl (C=O) groups is 1. The van der Waals surface area contributed by atoms with Gasteiger partial charge in [0.2, 0.25) is 5.91 Å². The van der Waals surface area contributed by atoms with Crippen molar-refractivity contribution in [2.24, 2.45) is 0 Å². The standard InChI is InChI=1S/C20H21N3O3/c1-25-17-8-6-15(13-18(17)26-2)10-11-21-20(24)9-7-16-14-22-19-5-3-4-12-23(16)19/h3-9,12-14H,10-11H2,1-2H3,(H,21,24)/b9-7+. The molecular weight excluding hydrogens is 330 g/mol. The zero-order chi connectivity index (χ0) is 18.4. The lowest BCUT2D eigenvalue weighted by atomic mass is 10.1. The van der Waals surface area contributed by atoms with Gasteiger partial charge >= 0.3 is 0 Å². The smallest absolute Gasteiger partial charge is 0.244 e. The van der Waals surface area contributed by atoms with Gasteiger partial charge in [0.05, 0.1) is 26.1 Å². The highest BCUT2D eigenvalue weighted by atomic mass is 16.5. The summed E-state index contributed by atoms with van der Waals surface area (Å²) in [6, 6.07) is 11.5. The van der Waals surface area contributed by atoms with E-state index in [0.29, 0.717) is 24.5 Å². The molecule has 0 radical (unpaired) electrons. The Hall–Kier alpha value is -3.28. The summed E-state index contributed by atoms with van der Waals surface area (Å²) in [6.07, 6.45) is 7.63. The summed E-state index contributed by atoms with van der Waals surface area (Å²) in [4.78, 5) is 16.3. The van der Waals surface area contributed by atoms with Gasteiger partial charge in [0.15, 0.2) is 11.5 Å². The molecule has 1 N–H and O–H groups in total. The van der Waals surface area contributed by atoms with E-state index in [2.05, 4.69) is 10.3 Å². The second-order valence-corrected chi connectivity index (χ2v) is 5.68. The second-order valence-electron chi connectivity index (χ2n) is 5.68. The first-order chi connectivity index (χ1) is 12.7. The molecule has 2 heterocycles. The third-order valence-corrected chi connectivity index (χ3v) is 4.01. The third kappa shape index (κ3) is 4.03. The van der Waals surface area contributed by atoms with Crippen molar-refractivity contribution in [2.75, 3.05) is 20.8 Å². The number of ether oxygens (including phenoxy) is 2. The summed E-state index contributed by atoms with van der Waals surface area (Å²) in [6.45, 7) is 0.534. The van der Waals surface area contributed by atoms with Crippen molar-refractivity contribution in [2.45, 2.75) is 6.42 Å². The molecule has 3 aromatic rings. The van der Waals surface area contributed by atoms with Crippen molar-refractivity contribution < 1.29 is 14.3 Å². The monoisotopic (exact) mass is 351 g/mol. The molecule has 1 aromatic carbocycles. The predicted molar refractivity (Wildman–Crippen MR) is 100 cm³/mol. The van der Waals surface area contributed by atoms with E-state index >= 15 is 0 Å². The maximum Gasteiger partial charge on any atom is 0.244 e. The average Bonchev–Trinajstić information content (AvgIpc) is 3.09. The van der Waals surface area contributed by atoms with Crippen LogP contribution in [0.2, 0.25) is 0 Å². The fourth-order valence-corrected chi connectivity index (χ4v) is 2.66. The molecule has 0 aliphatic rings. The van der Waals surface area contributed by atoms with E-state index in [0.717, 1.165) is 16.9 Å². The summed E-state index contributed by atoms with van der Waals surface area (Å²) in [5, 5.41) is 2.88. The molecule has 0 bridgehead atoms. The number of methoxy groups -OCH3 is 2. The van der Waals surface area contributed by atoms with E-state index in [1.807, 2.05) is 47.0 Å². The molecule has 1 amide bonds. The maximum absolute atomic E-state index is 12.0. The van der Waals surface area contributed by atoms with E-state index in [4.69, 9.17) is 9.47 Å². The molecule has 3 rings (SSSR count). The van der Waals surface area contributed by atoms with Gasteiger partial charge in [-0.1, -0.05) is 12.1 Å². The van der Waals surface area contributed by atoms with Crippen LogP contribution in [0.5, 0.6) is 11.5 Å². The number of carbonyl (C=O) groups excluding carboxylic acids is 1. The Bertz CT molecular complexity index is 931. The Labute approximate surface area is 152 Å². The molecule has 2 aromatic heterocycles. The summed E-state index contributed by atoms with van der Waals surface area (Å²) in [7, 11) is 3.21. The van der Waals surface area contributed by atoms with E-state index in [-0.39, 0.29) is 5.91 Å². The number of aromatic nitrogens is 2. The number of nitrogens with zero attached hydrogens (tertiary/aromatic N) is 2. The Kier molecular flexibility index (Phi) is 5.53. The number of imidazole rings is 1. The lowest BCUT2D eigenvalue weighted by Crippen LogP contribution is -2.23. The Morgan fingerprint density at radius 2 is 2.04 bits per heavy atom. The van der Waals surface area contributed by atoms with Crippen molar-refractivity contribution in [3.8, 4) is 11.5 Å². The molecule has 0 saturated carbocycles. The zero-order valence-electron chi connectivity index (χ0n) is 14.8. The highest BCUT2D eigenvalue weighted by Crippen LogP contribution is 2.27. The van der Waals surface area contributed by atoms with Crippen LogP contribution in [0.25, 0.3) is 11.7 Å². The minimum atomic E-state index is -0.142. The minimum absolute atomic E-state index is 0.142. The van der Waals surface area contributed by atoms with Gasteiger partial charge in [-0.05, 0) is 42.3 Å². The first-order valence-corrected chi connectivity index (χ1v) is 8.30. The fourth-order valence-electron chi connectivity index (χ4n) is 2.66. The lowest BCUT2D eigenvalue weighted by molar-refractivity contribution is -0.116. The third-order valence-electron chi connectivity index (χ3n) is 4.01. The molecule has 0 spiro atoms. The molecule has 0 fully saturated rings. The van der Waals surface area contributed by atoms with Crippen molar-refractivity contribution >= 4 is 17.6 Å². The largest absolute Gasteiger partial charge is 0.493 e. The quantitative estimate of drug-likeness (QED) is 0.665. The minimum Gasteiger partial charge on any atom is -0.493 e. The van der Waals surface area contributed by atoms with Gasteiger partial charge < -0.3 is 19.2 Å². The first-order valence-electron chi connectivity index (χ1n) is 8.30. The van der Waals surface area contributed by atoms with Crippen molar-refractivity contribution in [3.63, 3.8) is 0 Å². The molecule has 0 saturated heterocycles. The average molecular weight is 351 g/mol. The fraction of sp³-hybridized carbons (Fsp3) is 0.200. The van der Waals surface area contributed by atoms with E-state index in [9.17, 15) is 4.79 Å². The molecular formula is C20H21N3O3. The molecule has 134 valence electrons. The zero-order valence-corrected chi connectivity index (χ0v) is 14.8. The number of hydrogen-bond donors (Lipinski definition) is 1. The van der Waals surface area contributed by atoms with Gasteiger partial charge in [-0.2, -0.15) is 0 Å². The van der Waals surface area contributed by atoms with Crippen LogP contribution in [-0.4, -0.2) is 36.1 Å². The van der Waals surface area contributed by atoms with Crippen molar-refractivity contribution in [1.82, 2.24) is 14.7 Å². The number of pyridine rings is 1. The van der Waals surface area contributed by atoms with Gasteiger partial charge in [0.1, 0.15) is 5.65 Å². The van der Waals surface area contributed by atoms with E-state index < -0.39 is 0 Å². The topological polar surface area (TPSA) is 64.9 Å². The molecule has 6 nitrogen and oxygen atoms in total. The van der Waals surface area contributed by atoms with Crippen LogP contribution in [0.1, 0.15) is 11.3 Å². The summed E-state index contributed by atoms with van der Waals surface area (Å²) in [5.41, 5.74) is 2.77. The number of fused-ring (bicyclic) bond motifs is 1. The van der Waals surface area contributed by atoms with Crippen LogP contribution < -0.4 is 14.8 Å². The molecule has 0 atom stereocenters. The van der Waals surface area contributed by atoms with Gasteiger partial charge in [-0.15, -0.1) is 0 Å². The molecule has 6 heteroatoms. The molecule has 0 aliphatic heterocycles. The number of rotatable bonds is 7. The number of nitrogens with one attached hydrogen (secondary N) is 1. The first kappa shape index (κ1) is 17.5. The van der Waals surface area contributed by atoms with Gasteiger partial charge in [-0.25, -0.2) is 4.98 Å². The van der Waals surface area contributed by atoms with Crippen LogP contribution in [0.15, 0.2) is 54.9 Å². The summed E-state index contributed by atoms with van der Waals surface area (Å²) >= 11 is 0. The van der Waals surface area contributed by atoms with Crippen molar-refractivity contribution in [3.05, 3.63) is 66.1 Å². The van der Waals surface area contributed by atoms with Gasteiger partial charge in [0, 0.05) is 18.8 Å². The number of amides is 1. The highest BCUT2D eigenvalue weighted by Gasteiger charge is 2.05. The molecule has 0 unspecified atom stereocenters. The number of benzene rings is 1. The molecule has 0 aliphatic carbocycles. The van der Waals surface area contributed by atoms with Crippen LogP contribution in [-0.2, 0) is 11.2 Å². The SMILES string of the molecule is COc1ccc(CCNC(=O)/C=C/c2cnc3ccccn23)cc1OC. The van der Waals surface area contributed by atoms with E-state index in [1.165, 1.54) is 6.08 Å². The lowest BCUT2D eigenvalue weighted by Gasteiger charge is -2.09. The van der Waals surface area contributed by atoms with Crippen molar-refractivity contribution in [1.29, 1.82) is 0 Å². The Balaban J connectivity index is 1.54. The Morgan fingerprint density at radius 3 is 2.85 bits per heavy atom. The maximum atomic E-state index is 12.0.